The second-order valence-electron chi connectivity index (χ2n) is 4.62. The summed E-state index contributed by atoms with van der Waals surface area (Å²) < 4.78 is 16.5. The first-order valence-electron chi connectivity index (χ1n) is 7.76. The highest BCUT2D eigenvalue weighted by Crippen LogP contribution is 2.29. The third-order valence-electron chi connectivity index (χ3n) is 2.92. The maximum atomic E-state index is 11.8. The fourth-order valence-electron chi connectivity index (χ4n) is 1.82. The van der Waals surface area contributed by atoms with E-state index >= 15 is 0 Å². The van der Waals surface area contributed by atoms with Gasteiger partial charge in [0, 0.05) is 19.8 Å². The molecule has 0 saturated heterocycles. The van der Waals surface area contributed by atoms with Crippen LogP contribution in [0.5, 0.6) is 0 Å². The van der Waals surface area contributed by atoms with Crippen molar-refractivity contribution >= 4 is 34.2 Å². The number of hydrogen-bond acceptors (Lipinski definition) is 9. The zero-order valence-electron chi connectivity index (χ0n) is 13.7. The van der Waals surface area contributed by atoms with E-state index in [0.29, 0.717) is 23.7 Å². The first-order chi connectivity index (χ1) is 11.7. The lowest BCUT2D eigenvalue weighted by Gasteiger charge is -2.02. The van der Waals surface area contributed by atoms with Gasteiger partial charge in [0.1, 0.15) is 11.3 Å². The fraction of sp³-hybridized carbons (Fsp3) is 0.533. The molecule has 0 saturated carbocycles. The third-order valence-corrected chi connectivity index (χ3v) is 4.93. The minimum Gasteiger partial charge on any atom is -0.468 e. The second-order valence-corrected chi connectivity index (χ2v) is 6.82. The monoisotopic (exact) mass is 371 g/mol. The third kappa shape index (κ3) is 5.81. The largest absolute Gasteiger partial charge is 0.468 e. The lowest BCUT2D eigenvalue weighted by atomic mass is 10.3. The number of hydrogen-bond donors (Lipinski definition) is 1. The van der Waals surface area contributed by atoms with Gasteiger partial charge in [0.2, 0.25) is 5.13 Å². The number of ether oxygens (including phenoxy) is 2. The molecule has 0 atom stereocenters. The van der Waals surface area contributed by atoms with Crippen molar-refractivity contribution in [2.24, 2.45) is 0 Å². The molecule has 132 valence electrons. The van der Waals surface area contributed by atoms with Crippen molar-refractivity contribution in [2.45, 2.75) is 30.4 Å². The molecule has 2 heterocycles. The number of carbonyl (C=O) groups excluding carboxylic acids is 1. The van der Waals surface area contributed by atoms with Crippen LogP contribution in [0.15, 0.2) is 21.1 Å². The van der Waals surface area contributed by atoms with Crippen LogP contribution < -0.4 is 5.32 Å². The number of nitrogens with zero attached hydrogens (tertiary/aromatic N) is 2. The first-order valence-corrected chi connectivity index (χ1v) is 9.56. The van der Waals surface area contributed by atoms with Gasteiger partial charge >= 0.3 is 5.97 Å². The van der Waals surface area contributed by atoms with Crippen LogP contribution >= 0.6 is 23.1 Å². The van der Waals surface area contributed by atoms with E-state index in [1.54, 1.807) is 13.0 Å². The van der Waals surface area contributed by atoms with E-state index in [1.807, 2.05) is 6.92 Å². The molecule has 0 aliphatic carbocycles. The molecule has 2 rings (SSSR count). The number of anilines is 1. The highest BCUT2D eigenvalue weighted by molar-refractivity contribution is 8.00. The molecule has 0 aliphatic heterocycles. The Kier molecular flexibility index (Phi) is 8.06. The number of furan rings is 1. The summed E-state index contributed by atoms with van der Waals surface area (Å²) in [5.41, 5.74) is 0.461. The summed E-state index contributed by atoms with van der Waals surface area (Å²) in [6.45, 7) is 6.36. The Morgan fingerprint density at radius 2 is 2.25 bits per heavy atom. The van der Waals surface area contributed by atoms with Gasteiger partial charge in [0.05, 0.1) is 18.6 Å². The molecule has 0 aliphatic rings. The molecule has 0 bridgehead atoms. The molecular weight excluding hydrogens is 350 g/mol. The maximum Gasteiger partial charge on any atom is 0.341 e. The predicted octanol–water partition coefficient (Wildman–Crippen LogP) is 3.44. The Balaban J connectivity index is 1.79. The summed E-state index contributed by atoms with van der Waals surface area (Å²) >= 11 is 2.95. The van der Waals surface area contributed by atoms with Crippen LogP contribution in [0.4, 0.5) is 5.13 Å². The van der Waals surface area contributed by atoms with Gasteiger partial charge in [-0.1, -0.05) is 23.1 Å². The van der Waals surface area contributed by atoms with Gasteiger partial charge in [0.25, 0.3) is 0 Å². The fourth-order valence-corrected chi connectivity index (χ4v) is 3.55. The molecular formula is C15H21N3O4S2. The smallest absolute Gasteiger partial charge is 0.341 e. The molecule has 7 nitrogen and oxygen atoms in total. The zero-order chi connectivity index (χ0) is 17.2. The summed E-state index contributed by atoms with van der Waals surface area (Å²) in [5, 5.41) is 12.2. The summed E-state index contributed by atoms with van der Waals surface area (Å²) in [4.78, 5) is 11.8. The normalized spacial score (nSPS) is 10.8. The number of aromatic nitrogens is 2. The number of carbonyl (C=O) groups is 1. The van der Waals surface area contributed by atoms with E-state index in [-0.39, 0.29) is 5.97 Å². The van der Waals surface area contributed by atoms with Crippen molar-refractivity contribution in [1.29, 1.82) is 0 Å². The van der Waals surface area contributed by atoms with Gasteiger partial charge in [-0.25, -0.2) is 4.79 Å². The SMILES string of the molecule is CCOCCCNc1nnc(SCc2occc2C(=O)OCC)s1. The van der Waals surface area contributed by atoms with Crippen LogP contribution in [0.25, 0.3) is 0 Å². The van der Waals surface area contributed by atoms with Crippen LogP contribution in [0.1, 0.15) is 36.4 Å². The molecule has 0 radical (unpaired) electrons. The van der Waals surface area contributed by atoms with Crippen molar-refractivity contribution in [3.05, 3.63) is 23.7 Å². The predicted molar refractivity (Wildman–Crippen MR) is 93.7 cm³/mol. The molecule has 1 N–H and O–H groups in total. The average molecular weight is 371 g/mol. The molecule has 9 heteroatoms. The van der Waals surface area contributed by atoms with Crippen LogP contribution in [0, 0.1) is 0 Å². The Morgan fingerprint density at radius 1 is 1.38 bits per heavy atom. The second kappa shape index (κ2) is 10.3. The van der Waals surface area contributed by atoms with Gasteiger partial charge in [-0.2, -0.15) is 0 Å². The van der Waals surface area contributed by atoms with Gasteiger partial charge in [0.15, 0.2) is 4.34 Å². The summed E-state index contributed by atoms with van der Waals surface area (Å²) in [6, 6.07) is 1.62. The lowest BCUT2D eigenvalue weighted by molar-refractivity contribution is 0.0524. The van der Waals surface area contributed by atoms with E-state index in [0.717, 1.165) is 35.7 Å². The van der Waals surface area contributed by atoms with Crippen LogP contribution in [-0.2, 0) is 15.2 Å². The summed E-state index contributed by atoms with van der Waals surface area (Å²) in [5.74, 6) is 0.718. The zero-order valence-corrected chi connectivity index (χ0v) is 15.4. The van der Waals surface area contributed by atoms with E-state index in [2.05, 4.69) is 15.5 Å². The molecule has 0 amide bonds. The highest BCUT2D eigenvalue weighted by Gasteiger charge is 2.16. The number of thioether (sulfide) groups is 1. The van der Waals surface area contributed by atoms with Gasteiger partial charge in [-0.3, -0.25) is 0 Å². The van der Waals surface area contributed by atoms with Crippen LogP contribution in [0.3, 0.4) is 0 Å². The van der Waals surface area contributed by atoms with Crippen molar-refractivity contribution in [1.82, 2.24) is 10.2 Å². The summed E-state index contributed by atoms with van der Waals surface area (Å²) in [7, 11) is 0. The quantitative estimate of drug-likeness (QED) is 0.365. The molecule has 0 unspecified atom stereocenters. The van der Waals surface area contributed by atoms with E-state index < -0.39 is 0 Å². The highest BCUT2D eigenvalue weighted by atomic mass is 32.2. The average Bonchev–Trinajstić information content (AvgIpc) is 3.22. The van der Waals surface area contributed by atoms with Crippen LogP contribution in [-0.4, -0.2) is 42.5 Å². The minimum atomic E-state index is -0.365. The van der Waals surface area contributed by atoms with Crippen molar-refractivity contribution in [3.8, 4) is 0 Å². The Hall–Kier alpha value is -1.58. The first kappa shape index (κ1) is 18.8. The van der Waals surface area contributed by atoms with Gasteiger partial charge < -0.3 is 19.2 Å². The standard InChI is InChI=1S/C15H21N3O4S2/c1-3-20-8-5-7-16-14-17-18-15(24-14)23-10-12-11(6-9-22-12)13(19)21-4-2/h6,9H,3-5,7-8,10H2,1-2H3,(H,16,17). The van der Waals surface area contributed by atoms with E-state index in [4.69, 9.17) is 13.9 Å². The van der Waals surface area contributed by atoms with E-state index in [9.17, 15) is 4.79 Å². The van der Waals surface area contributed by atoms with Gasteiger partial charge in [-0.15, -0.1) is 10.2 Å². The number of nitrogens with one attached hydrogen (secondary N) is 1. The number of rotatable bonds is 11. The lowest BCUT2D eigenvalue weighted by Crippen LogP contribution is -2.05. The topological polar surface area (TPSA) is 86.5 Å². The summed E-state index contributed by atoms with van der Waals surface area (Å²) in [6.07, 6.45) is 2.42. The molecule has 0 spiro atoms. The van der Waals surface area contributed by atoms with Crippen LogP contribution in [0.2, 0.25) is 0 Å². The Labute approximate surface area is 149 Å². The minimum absolute atomic E-state index is 0.339. The molecule has 24 heavy (non-hydrogen) atoms. The van der Waals surface area contributed by atoms with E-state index in [1.165, 1.54) is 29.4 Å². The Bertz CT molecular complexity index is 630. The molecule has 2 aromatic rings. The molecule has 0 fully saturated rings. The Morgan fingerprint density at radius 3 is 3.04 bits per heavy atom. The van der Waals surface area contributed by atoms with Crippen molar-refractivity contribution in [3.63, 3.8) is 0 Å². The van der Waals surface area contributed by atoms with Crippen molar-refractivity contribution < 1.29 is 18.7 Å². The van der Waals surface area contributed by atoms with Gasteiger partial charge in [-0.05, 0) is 26.3 Å². The molecule has 0 aromatic carbocycles. The molecule has 2 aromatic heterocycles. The van der Waals surface area contributed by atoms with Crippen molar-refractivity contribution in [2.75, 3.05) is 31.7 Å². The number of esters is 1. The maximum absolute atomic E-state index is 11.8.